The van der Waals surface area contributed by atoms with Gasteiger partial charge in [0.05, 0.1) is 29.2 Å². The highest BCUT2D eigenvalue weighted by atomic mass is 35.5. The van der Waals surface area contributed by atoms with Crippen molar-refractivity contribution in [2.75, 3.05) is 6.54 Å². The van der Waals surface area contributed by atoms with Crippen molar-refractivity contribution in [2.24, 2.45) is 0 Å². The molecule has 6 heteroatoms. The Labute approximate surface area is 124 Å². The average Bonchev–Trinajstić information content (AvgIpc) is 2.92. The molecule has 0 bridgehead atoms. The molecule has 0 spiro atoms. The molecule has 2 aromatic heterocycles. The fourth-order valence-electron chi connectivity index (χ4n) is 2.24. The van der Waals surface area contributed by atoms with Crippen molar-refractivity contribution in [1.82, 2.24) is 24.9 Å². The van der Waals surface area contributed by atoms with E-state index in [2.05, 4.69) is 36.3 Å². The van der Waals surface area contributed by atoms with Crippen molar-refractivity contribution in [2.45, 2.75) is 47.3 Å². The van der Waals surface area contributed by atoms with E-state index < -0.39 is 0 Å². The smallest absolute Gasteiger partial charge is 0.0866 e. The third-order valence-electron chi connectivity index (χ3n) is 3.52. The van der Waals surface area contributed by atoms with Gasteiger partial charge in [-0.3, -0.25) is 9.36 Å². The molecule has 2 aromatic rings. The lowest BCUT2D eigenvalue weighted by Gasteiger charge is -2.08. The monoisotopic (exact) mass is 295 g/mol. The Hall–Kier alpha value is -1.33. The van der Waals surface area contributed by atoms with Crippen LogP contribution in [0.4, 0.5) is 0 Å². The molecule has 110 valence electrons. The molecule has 5 nitrogen and oxygen atoms in total. The van der Waals surface area contributed by atoms with Gasteiger partial charge in [0.2, 0.25) is 0 Å². The predicted octanol–water partition coefficient (Wildman–Crippen LogP) is 2.53. The summed E-state index contributed by atoms with van der Waals surface area (Å²) in [7, 11) is 0. The normalized spacial score (nSPS) is 11.2. The summed E-state index contributed by atoms with van der Waals surface area (Å²) in [6.07, 6.45) is 1.92. The van der Waals surface area contributed by atoms with Gasteiger partial charge in [-0.15, -0.1) is 0 Å². The molecule has 0 aliphatic heterocycles. The van der Waals surface area contributed by atoms with Crippen LogP contribution in [0.3, 0.4) is 0 Å². The number of aromatic nitrogens is 4. The number of nitrogens with one attached hydrogen (secondary N) is 1. The zero-order valence-corrected chi connectivity index (χ0v) is 13.3. The molecule has 2 heterocycles. The van der Waals surface area contributed by atoms with Crippen molar-refractivity contribution < 1.29 is 0 Å². The largest absolute Gasteiger partial charge is 0.313 e. The minimum Gasteiger partial charge on any atom is -0.313 e. The molecule has 1 N–H and O–H groups in total. The minimum atomic E-state index is 0.658. The van der Waals surface area contributed by atoms with Crippen LogP contribution in [0.5, 0.6) is 0 Å². The molecule has 0 amide bonds. The van der Waals surface area contributed by atoms with E-state index in [-0.39, 0.29) is 0 Å². The Balaban J connectivity index is 2.24. The molecule has 20 heavy (non-hydrogen) atoms. The summed E-state index contributed by atoms with van der Waals surface area (Å²) in [4.78, 5) is 0. The van der Waals surface area contributed by atoms with Crippen molar-refractivity contribution in [3.05, 3.63) is 33.9 Å². The Morgan fingerprint density at radius 3 is 2.65 bits per heavy atom. The summed E-state index contributed by atoms with van der Waals surface area (Å²) in [6.45, 7) is 11.5. The zero-order chi connectivity index (χ0) is 14.7. The summed E-state index contributed by atoms with van der Waals surface area (Å²) in [5, 5.41) is 13.0. The second kappa shape index (κ2) is 6.41. The zero-order valence-electron chi connectivity index (χ0n) is 12.6. The van der Waals surface area contributed by atoms with Crippen LogP contribution in [-0.4, -0.2) is 26.1 Å². The van der Waals surface area contributed by atoms with E-state index in [1.807, 2.05) is 22.5 Å². The van der Waals surface area contributed by atoms with Crippen LogP contribution in [0.1, 0.15) is 36.5 Å². The second-order valence-electron chi connectivity index (χ2n) is 4.86. The molecule has 2 rings (SSSR count). The maximum absolute atomic E-state index is 6.35. The van der Waals surface area contributed by atoms with E-state index in [4.69, 9.17) is 11.6 Å². The summed E-state index contributed by atoms with van der Waals surface area (Å²) < 4.78 is 3.93. The second-order valence-corrected chi connectivity index (χ2v) is 5.23. The predicted molar refractivity (Wildman–Crippen MR) is 81.1 cm³/mol. The quantitative estimate of drug-likeness (QED) is 0.891. The SMILES string of the molecule is CCNCc1cnn(Cc2c(Cl)c(C)nn2CC)c1C. The van der Waals surface area contributed by atoms with Crippen molar-refractivity contribution in [3.63, 3.8) is 0 Å². The maximum Gasteiger partial charge on any atom is 0.0866 e. The number of hydrogen-bond acceptors (Lipinski definition) is 3. The molecule has 0 saturated carbocycles. The van der Waals surface area contributed by atoms with E-state index in [0.29, 0.717) is 6.54 Å². The lowest BCUT2D eigenvalue weighted by Crippen LogP contribution is -2.13. The first kappa shape index (κ1) is 15.1. The van der Waals surface area contributed by atoms with Crippen LogP contribution in [0.15, 0.2) is 6.20 Å². The summed E-state index contributed by atoms with van der Waals surface area (Å²) in [5.41, 5.74) is 4.29. The van der Waals surface area contributed by atoms with Gasteiger partial charge < -0.3 is 5.32 Å². The molecule has 0 aliphatic rings. The van der Waals surface area contributed by atoms with E-state index in [9.17, 15) is 0 Å². The third kappa shape index (κ3) is 2.88. The van der Waals surface area contributed by atoms with E-state index >= 15 is 0 Å². The third-order valence-corrected chi connectivity index (χ3v) is 4.01. The van der Waals surface area contributed by atoms with Crippen molar-refractivity contribution >= 4 is 11.6 Å². The van der Waals surface area contributed by atoms with E-state index in [0.717, 1.165) is 36.0 Å². The molecule has 0 radical (unpaired) electrons. The van der Waals surface area contributed by atoms with Gasteiger partial charge in [-0.2, -0.15) is 10.2 Å². The van der Waals surface area contributed by atoms with Crippen molar-refractivity contribution in [3.8, 4) is 0 Å². The number of aryl methyl sites for hydroxylation is 2. The van der Waals surface area contributed by atoms with Gasteiger partial charge >= 0.3 is 0 Å². The van der Waals surface area contributed by atoms with Gasteiger partial charge in [-0.1, -0.05) is 18.5 Å². The Kier molecular flexibility index (Phi) is 4.83. The van der Waals surface area contributed by atoms with Crippen LogP contribution in [0.2, 0.25) is 5.02 Å². The maximum atomic E-state index is 6.35. The van der Waals surface area contributed by atoms with Gasteiger partial charge in [0.1, 0.15) is 0 Å². The topological polar surface area (TPSA) is 47.7 Å². The van der Waals surface area contributed by atoms with Crippen LogP contribution in [0.25, 0.3) is 0 Å². The first-order chi connectivity index (χ1) is 9.58. The van der Waals surface area contributed by atoms with Gasteiger partial charge in [0.25, 0.3) is 0 Å². The lowest BCUT2D eigenvalue weighted by atomic mass is 10.2. The first-order valence-electron chi connectivity index (χ1n) is 7.02. The molecule has 0 aliphatic carbocycles. The Morgan fingerprint density at radius 1 is 1.25 bits per heavy atom. The number of nitrogens with zero attached hydrogens (tertiary/aromatic N) is 4. The fraction of sp³-hybridized carbons (Fsp3) is 0.571. The molecular formula is C14H22ClN5. The average molecular weight is 296 g/mol. The van der Waals surface area contributed by atoms with Crippen molar-refractivity contribution in [1.29, 1.82) is 0 Å². The number of hydrogen-bond donors (Lipinski definition) is 1. The molecule has 0 saturated heterocycles. The minimum absolute atomic E-state index is 0.658. The van der Waals surface area contributed by atoms with E-state index in [1.54, 1.807) is 0 Å². The molecule has 0 fully saturated rings. The number of rotatable bonds is 6. The van der Waals surface area contributed by atoms with Crippen LogP contribution in [-0.2, 0) is 19.6 Å². The van der Waals surface area contributed by atoms with Gasteiger partial charge in [0.15, 0.2) is 0 Å². The summed E-state index contributed by atoms with van der Waals surface area (Å²) in [5.74, 6) is 0. The van der Waals surface area contributed by atoms with Crippen LogP contribution < -0.4 is 5.32 Å². The summed E-state index contributed by atoms with van der Waals surface area (Å²) in [6, 6.07) is 0. The van der Waals surface area contributed by atoms with Gasteiger partial charge in [-0.05, 0) is 27.3 Å². The molecule has 0 aromatic carbocycles. The Bertz CT molecular complexity index is 585. The highest BCUT2D eigenvalue weighted by Gasteiger charge is 2.15. The summed E-state index contributed by atoms with van der Waals surface area (Å²) >= 11 is 6.35. The molecular weight excluding hydrogens is 274 g/mol. The number of halogens is 1. The van der Waals surface area contributed by atoms with E-state index in [1.165, 1.54) is 11.3 Å². The molecule has 0 unspecified atom stereocenters. The highest BCUT2D eigenvalue weighted by molar-refractivity contribution is 6.31. The standard InChI is InChI=1S/C14H22ClN5/c1-5-16-7-12-8-17-20(11(12)4)9-13-14(15)10(3)18-19(13)6-2/h8,16H,5-7,9H2,1-4H3. The van der Waals surface area contributed by atoms with Gasteiger partial charge in [0, 0.05) is 24.3 Å². The molecule has 0 atom stereocenters. The first-order valence-corrected chi connectivity index (χ1v) is 7.40. The van der Waals surface area contributed by atoms with Gasteiger partial charge in [-0.25, -0.2) is 0 Å². The fourth-order valence-corrected chi connectivity index (χ4v) is 2.43. The lowest BCUT2D eigenvalue weighted by molar-refractivity contribution is 0.567. The highest BCUT2D eigenvalue weighted by Crippen LogP contribution is 2.22. The van der Waals surface area contributed by atoms with Crippen LogP contribution >= 0.6 is 11.6 Å². The Morgan fingerprint density at radius 2 is 2.00 bits per heavy atom. The van der Waals surface area contributed by atoms with Crippen LogP contribution in [0, 0.1) is 13.8 Å².